The van der Waals surface area contributed by atoms with Gasteiger partial charge in [-0.2, -0.15) is 0 Å². The van der Waals surface area contributed by atoms with Crippen LogP contribution in [0, 0.1) is 0 Å². The summed E-state index contributed by atoms with van der Waals surface area (Å²) in [6, 6.07) is -1.01. The quantitative estimate of drug-likeness (QED) is 0.770. The molecule has 0 radical (unpaired) electrons. The van der Waals surface area contributed by atoms with Gasteiger partial charge in [0.2, 0.25) is 5.91 Å². The van der Waals surface area contributed by atoms with Gasteiger partial charge in [0.25, 0.3) is 0 Å². The normalized spacial score (nSPS) is 19.1. The lowest BCUT2D eigenvalue weighted by Gasteiger charge is -2.32. The molecule has 1 heterocycles. The van der Waals surface area contributed by atoms with Crippen molar-refractivity contribution in [2.24, 2.45) is 0 Å². The number of nitrogens with zero attached hydrogens (tertiary/aromatic N) is 1. The fraction of sp³-hybridized carbons (Fsp3) is 0.846. The SMILES string of the molecule is C[C@@H](O)[C@H](NC(=O)OC(C)(C)C)C(=O)N1CCOCC1. The lowest BCUT2D eigenvalue weighted by molar-refractivity contribution is -0.140. The van der Waals surface area contributed by atoms with Gasteiger partial charge >= 0.3 is 6.09 Å². The molecule has 20 heavy (non-hydrogen) atoms. The van der Waals surface area contributed by atoms with Crippen molar-refractivity contribution in [3.63, 3.8) is 0 Å². The van der Waals surface area contributed by atoms with Crippen LogP contribution in [0.2, 0.25) is 0 Å². The van der Waals surface area contributed by atoms with Crippen LogP contribution in [0.5, 0.6) is 0 Å². The lowest BCUT2D eigenvalue weighted by Crippen LogP contribution is -2.56. The van der Waals surface area contributed by atoms with Gasteiger partial charge in [-0.15, -0.1) is 0 Å². The highest BCUT2D eigenvalue weighted by Gasteiger charge is 2.32. The van der Waals surface area contributed by atoms with Crippen LogP contribution in [-0.4, -0.2) is 66.1 Å². The number of hydrogen-bond acceptors (Lipinski definition) is 5. The van der Waals surface area contributed by atoms with Gasteiger partial charge in [-0.3, -0.25) is 4.79 Å². The summed E-state index contributed by atoms with van der Waals surface area (Å²) in [6.07, 6.45) is -1.72. The molecule has 0 aromatic carbocycles. The second kappa shape index (κ2) is 6.90. The summed E-state index contributed by atoms with van der Waals surface area (Å²) in [5.74, 6) is -0.325. The molecule has 0 aromatic heterocycles. The lowest BCUT2D eigenvalue weighted by atomic mass is 10.1. The van der Waals surface area contributed by atoms with Crippen LogP contribution in [0.1, 0.15) is 27.7 Å². The third-order valence-electron chi connectivity index (χ3n) is 2.74. The Balaban J connectivity index is 2.63. The third-order valence-corrected chi connectivity index (χ3v) is 2.74. The Labute approximate surface area is 119 Å². The van der Waals surface area contributed by atoms with Gasteiger partial charge in [0.15, 0.2) is 0 Å². The molecule has 1 rings (SSSR count). The van der Waals surface area contributed by atoms with E-state index in [-0.39, 0.29) is 5.91 Å². The predicted octanol–water partition coefficient (Wildman–Crippen LogP) is 0.119. The monoisotopic (exact) mass is 288 g/mol. The van der Waals surface area contributed by atoms with Crippen molar-refractivity contribution in [3.05, 3.63) is 0 Å². The van der Waals surface area contributed by atoms with Crippen LogP contribution in [0.25, 0.3) is 0 Å². The summed E-state index contributed by atoms with van der Waals surface area (Å²) in [7, 11) is 0. The summed E-state index contributed by atoms with van der Waals surface area (Å²) in [4.78, 5) is 25.6. The predicted molar refractivity (Wildman–Crippen MR) is 72.2 cm³/mol. The van der Waals surface area contributed by atoms with E-state index in [4.69, 9.17) is 9.47 Å². The minimum atomic E-state index is -1.01. The fourth-order valence-electron chi connectivity index (χ4n) is 1.80. The Kier molecular flexibility index (Phi) is 5.76. The molecule has 2 amide bonds. The van der Waals surface area contributed by atoms with Crippen molar-refractivity contribution in [2.75, 3.05) is 26.3 Å². The van der Waals surface area contributed by atoms with Crippen molar-refractivity contribution in [3.8, 4) is 0 Å². The van der Waals surface area contributed by atoms with Crippen LogP contribution < -0.4 is 5.32 Å². The molecule has 1 saturated heterocycles. The molecule has 0 saturated carbocycles. The summed E-state index contributed by atoms with van der Waals surface area (Å²) in [5.41, 5.74) is -0.657. The van der Waals surface area contributed by atoms with E-state index in [1.165, 1.54) is 6.92 Å². The Morgan fingerprint density at radius 2 is 1.85 bits per heavy atom. The van der Waals surface area contributed by atoms with E-state index in [9.17, 15) is 14.7 Å². The molecule has 0 bridgehead atoms. The highest BCUT2D eigenvalue weighted by Crippen LogP contribution is 2.09. The largest absolute Gasteiger partial charge is 0.444 e. The maximum absolute atomic E-state index is 12.3. The summed E-state index contributed by atoms with van der Waals surface area (Å²) < 4.78 is 10.3. The summed E-state index contributed by atoms with van der Waals surface area (Å²) >= 11 is 0. The number of aliphatic hydroxyl groups is 1. The van der Waals surface area contributed by atoms with Crippen molar-refractivity contribution >= 4 is 12.0 Å². The van der Waals surface area contributed by atoms with Gasteiger partial charge < -0.3 is 24.8 Å². The van der Waals surface area contributed by atoms with E-state index in [2.05, 4.69) is 5.32 Å². The Morgan fingerprint density at radius 3 is 2.30 bits per heavy atom. The zero-order valence-electron chi connectivity index (χ0n) is 12.5. The number of carbonyl (C=O) groups excluding carboxylic acids is 2. The Morgan fingerprint density at radius 1 is 1.30 bits per heavy atom. The van der Waals surface area contributed by atoms with E-state index in [0.717, 1.165) is 0 Å². The highest BCUT2D eigenvalue weighted by molar-refractivity contribution is 5.86. The standard InChI is InChI=1S/C13H24N2O5/c1-9(16)10(14-12(18)20-13(2,3)4)11(17)15-5-7-19-8-6-15/h9-10,16H,5-8H2,1-4H3,(H,14,18)/t9-,10+/m1/s1. The third kappa shape index (κ3) is 5.34. The second-order valence-corrected chi connectivity index (χ2v) is 5.80. The first kappa shape index (κ1) is 16.7. The molecule has 2 atom stereocenters. The molecule has 116 valence electrons. The van der Waals surface area contributed by atoms with Gasteiger partial charge in [0.1, 0.15) is 11.6 Å². The average molecular weight is 288 g/mol. The molecule has 2 N–H and O–H groups in total. The first-order valence-corrected chi connectivity index (χ1v) is 6.75. The minimum absolute atomic E-state index is 0.325. The van der Waals surface area contributed by atoms with Crippen LogP contribution in [0.15, 0.2) is 0 Å². The molecule has 1 fully saturated rings. The van der Waals surface area contributed by atoms with Crippen LogP contribution >= 0.6 is 0 Å². The smallest absolute Gasteiger partial charge is 0.408 e. The molecule has 1 aliphatic heterocycles. The maximum Gasteiger partial charge on any atom is 0.408 e. The Bertz CT molecular complexity index is 345. The van der Waals surface area contributed by atoms with E-state index < -0.39 is 23.8 Å². The highest BCUT2D eigenvalue weighted by atomic mass is 16.6. The first-order valence-electron chi connectivity index (χ1n) is 6.75. The number of carbonyl (C=O) groups is 2. The first-order chi connectivity index (χ1) is 9.20. The minimum Gasteiger partial charge on any atom is -0.444 e. The molecule has 0 unspecified atom stereocenters. The molecule has 1 aliphatic rings. The van der Waals surface area contributed by atoms with Crippen LogP contribution in [0.4, 0.5) is 4.79 Å². The van der Waals surface area contributed by atoms with Crippen LogP contribution in [0.3, 0.4) is 0 Å². The van der Waals surface area contributed by atoms with Gasteiger partial charge in [-0.1, -0.05) is 0 Å². The molecule has 0 spiro atoms. The van der Waals surface area contributed by atoms with E-state index >= 15 is 0 Å². The Hall–Kier alpha value is -1.34. The maximum atomic E-state index is 12.3. The van der Waals surface area contributed by atoms with E-state index in [1.807, 2.05) is 0 Å². The molecule has 7 heteroatoms. The van der Waals surface area contributed by atoms with Crippen molar-refractivity contribution < 1.29 is 24.2 Å². The number of hydrogen-bond donors (Lipinski definition) is 2. The number of nitrogens with one attached hydrogen (secondary N) is 1. The van der Waals surface area contributed by atoms with Crippen molar-refractivity contribution in [1.29, 1.82) is 0 Å². The number of alkyl carbamates (subject to hydrolysis) is 1. The van der Waals surface area contributed by atoms with E-state index in [1.54, 1.807) is 25.7 Å². The molecule has 0 aliphatic carbocycles. The second-order valence-electron chi connectivity index (χ2n) is 5.80. The van der Waals surface area contributed by atoms with E-state index in [0.29, 0.717) is 26.3 Å². The van der Waals surface area contributed by atoms with Crippen LogP contribution in [-0.2, 0) is 14.3 Å². The zero-order chi connectivity index (χ0) is 15.3. The number of morpholine rings is 1. The van der Waals surface area contributed by atoms with Crippen molar-refractivity contribution in [2.45, 2.75) is 45.4 Å². The number of aliphatic hydroxyl groups excluding tert-OH is 1. The van der Waals surface area contributed by atoms with Gasteiger partial charge in [0, 0.05) is 13.1 Å². The summed E-state index contributed by atoms with van der Waals surface area (Å²) in [6.45, 7) is 8.49. The number of ether oxygens (including phenoxy) is 2. The molecular weight excluding hydrogens is 264 g/mol. The topological polar surface area (TPSA) is 88.1 Å². The molecule has 0 aromatic rings. The summed E-state index contributed by atoms with van der Waals surface area (Å²) in [5, 5.41) is 12.1. The van der Waals surface area contributed by atoms with Gasteiger partial charge in [0.05, 0.1) is 19.3 Å². The zero-order valence-corrected chi connectivity index (χ0v) is 12.5. The molecular formula is C13H24N2O5. The van der Waals surface area contributed by atoms with Crippen molar-refractivity contribution in [1.82, 2.24) is 10.2 Å². The average Bonchev–Trinajstić information content (AvgIpc) is 2.34. The van der Waals surface area contributed by atoms with Gasteiger partial charge in [-0.05, 0) is 27.7 Å². The van der Waals surface area contributed by atoms with Gasteiger partial charge in [-0.25, -0.2) is 4.79 Å². The molecule has 7 nitrogen and oxygen atoms in total. The number of rotatable bonds is 3. The number of amides is 2. The fourth-order valence-corrected chi connectivity index (χ4v) is 1.80.